The maximum absolute atomic E-state index is 14.0. The van der Waals surface area contributed by atoms with E-state index < -0.39 is 0 Å². The largest absolute Gasteiger partial charge is 0.379 e. The van der Waals surface area contributed by atoms with Crippen LogP contribution in [0, 0.1) is 5.82 Å². The Labute approximate surface area is 141 Å². The van der Waals surface area contributed by atoms with Crippen LogP contribution in [0.4, 0.5) is 10.2 Å². The SMILES string of the molecule is Fc1cccc2c(N3CCC[C@H](N4CCOCC4)CC3)ncnc12. The van der Waals surface area contributed by atoms with Gasteiger partial charge in [0, 0.05) is 37.6 Å². The first-order chi connectivity index (χ1) is 11.8. The fourth-order valence-electron chi connectivity index (χ4n) is 3.89. The predicted molar refractivity (Wildman–Crippen MR) is 91.7 cm³/mol. The van der Waals surface area contributed by atoms with E-state index in [2.05, 4.69) is 19.8 Å². The molecule has 2 aromatic rings. The number of hydrogen-bond acceptors (Lipinski definition) is 5. The molecule has 6 heteroatoms. The van der Waals surface area contributed by atoms with Crippen molar-refractivity contribution in [1.82, 2.24) is 14.9 Å². The van der Waals surface area contributed by atoms with Crippen LogP contribution in [-0.4, -0.2) is 60.3 Å². The number of aromatic nitrogens is 2. The molecule has 4 rings (SSSR count). The second-order valence-electron chi connectivity index (χ2n) is 6.55. The molecule has 128 valence electrons. The Balaban J connectivity index is 1.54. The van der Waals surface area contributed by atoms with E-state index in [1.807, 2.05) is 6.07 Å². The lowest BCUT2D eigenvalue weighted by Crippen LogP contribution is -2.43. The Morgan fingerprint density at radius 3 is 2.79 bits per heavy atom. The molecule has 0 bridgehead atoms. The first-order valence-electron chi connectivity index (χ1n) is 8.79. The zero-order chi connectivity index (χ0) is 16.4. The molecule has 2 aliphatic heterocycles. The minimum absolute atomic E-state index is 0.280. The summed E-state index contributed by atoms with van der Waals surface area (Å²) in [7, 11) is 0. The van der Waals surface area contributed by atoms with Crippen molar-refractivity contribution in [2.75, 3.05) is 44.3 Å². The van der Waals surface area contributed by atoms with Gasteiger partial charge < -0.3 is 9.64 Å². The highest BCUT2D eigenvalue weighted by Gasteiger charge is 2.25. The topological polar surface area (TPSA) is 41.5 Å². The second-order valence-corrected chi connectivity index (χ2v) is 6.55. The molecule has 0 saturated carbocycles. The van der Waals surface area contributed by atoms with Gasteiger partial charge in [-0.05, 0) is 31.4 Å². The Bertz CT molecular complexity index is 704. The standard InChI is InChI=1S/C18H23FN4O/c19-16-5-1-4-15-17(16)20-13-21-18(15)23-7-2-3-14(6-8-23)22-9-11-24-12-10-22/h1,4-5,13-14H,2-3,6-12H2/t14-/m0/s1. The third kappa shape index (κ3) is 3.08. The van der Waals surface area contributed by atoms with Crippen LogP contribution in [0.1, 0.15) is 19.3 Å². The van der Waals surface area contributed by atoms with Gasteiger partial charge in [0.05, 0.1) is 13.2 Å². The smallest absolute Gasteiger partial charge is 0.149 e. The summed E-state index contributed by atoms with van der Waals surface area (Å²) < 4.78 is 19.5. The predicted octanol–water partition coefficient (Wildman–Crippen LogP) is 2.46. The molecule has 0 radical (unpaired) electrons. The van der Waals surface area contributed by atoms with E-state index in [0.29, 0.717) is 11.6 Å². The van der Waals surface area contributed by atoms with E-state index in [1.165, 1.54) is 18.8 Å². The number of fused-ring (bicyclic) bond motifs is 1. The number of para-hydroxylation sites is 1. The van der Waals surface area contributed by atoms with Gasteiger partial charge in [0.15, 0.2) is 0 Å². The van der Waals surface area contributed by atoms with Gasteiger partial charge in [0.1, 0.15) is 23.5 Å². The number of nitrogens with zero attached hydrogens (tertiary/aromatic N) is 4. The van der Waals surface area contributed by atoms with Crippen LogP contribution >= 0.6 is 0 Å². The summed E-state index contributed by atoms with van der Waals surface area (Å²) in [6.07, 6.45) is 4.92. The normalized spacial score (nSPS) is 23.4. The average molecular weight is 330 g/mol. The van der Waals surface area contributed by atoms with E-state index in [0.717, 1.165) is 63.4 Å². The van der Waals surface area contributed by atoms with Gasteiger partial charge in [0.25, 0.3) is 0 Å². The summed E-state index contributed by atoms with van der Waals surface area (Å²) in [5.41, 5.74) is 0.413. The average Bonchev–Trinajstić information content (AvgIpc) is 2.89. The molecule has 1 atom stereocenters. The van der Waals surface area contributed by atoms with E-state index in [-0.39, 0.29) is 5.82 Å². The van der Waals surface area contributed by atoms with Crippen molar-refractivity contribution >= 4 is 16.7 Å². The Morgan fingerprint density at radius 1 is 1.04 bits per heavy atom. The second kappa shape index (κ2) is 6.99. The van der Waals surface area contributed by atoms with Crippen LogP contribution in [0.3, 0.4) is 0 Å². The lowest BCUT2D eigenvalue weighted by Gasteiger charge is -2.34. The molecular weight excluding hydrogens is 307 g/mol. The van der Waals surface area contributed by atoms with Crippen LogP contribution in [0.15, 0.2) is 24.5 Å². The molecule has 2 fully saturated rings. The highest BCUT2D eigenvalue weighted by molar-refractivity contribution is 5.89. The summed E-state index contributed by atoms with van der Waals surface area (Å²) in [6.45, 7) is 5.67. The van der Waals surface area contributed by atoms with Gasteiger partial charge in [-0.2, -0.15) is 0 Å². The fraction of sp³-hybridized carbons (Fsp3) is 0.556. The minimum atomic E-state index is -0.280. The number of rotatable bonds is 2. The number of morpholine rings is 1. The van der Waals surface area contributed by atoms with Crippen molar-refractivity contribution in [3.63, 3.8) is 0 Å². The molecule has 0 unspecified atom stereocenters. The quantitative estimate of drug-likeness (QED) is 0.846. The Hall–Kier alpha value is -1.79. The number of ether oxygens (including phenoxy) is 1. The van der Waals surface area contributed by atoms with Crippen LogP contribution in [-0.2, 0) is 4.74 Å². The van der Waals surface area contributed by atoms with E-state index in [4.69, 9.17) is 4.74 Å². The van der Waals surface area contributed by atoms with Crippen molar-refractivity contribution in [3.05, 3.63) is 30.3 Å². The van der Waals surface area contributed by atoms with Crippen LogP contribution < -0.4 is 4.90 Å². The van der Waals surface area contributed by atoms with E-state index >= 15 is 0 Å². The molecular formula is C18H23FN4O. The lowest BCUT2D eigenvalue weighted by atomic mass is 10.1. The summed E-state index contributed by atoms with van der Waals surface area (Å²) in [4.78, 5) is 13.4. The molecule has 24 heavy (non-hydrogen) atoms. The fourth-order valence-corrected chi connectivity index (χ4v) is 3.89. The zero-order valence-corrected chi connectivity index (χ0v) is 13.8. The molecule has 0 N–H and O–H groups in total. The van der Waals surface area contributed by atoms with Crippen molar-refractivity contribution in [2.45, 2.75) is 25.3 Å². The molecule has 0 amide bonds. The molecule has 2 saturated heterocycles. The van der Waals surface area contributed by atoms with Gasteiger partial charge >= 0.3 is 0 Å². The van der Waals surface area contributed by atoms with Gasteiger partial charge in [-0.15, -0.1) is 0 Å². The lowest BCUT2D eigenvalue weighted by molar-refractivity contribution is 0.0142. The molecule has 0 spiro atoms. The van der Waals surface area contributed by atoms with Crippen LogP contribution in [0.25, 0.3) is 10.9 Å². The number of benzene rings is 1. The zero-order valence-electron chi connectivity index (χ0n) is 13.8. The van der Waals surface area contributed by atoms with E-state index in [1.54, 1.807) is 6.07 Å². The maximum Gasteiger partial charge on any atom is 0.149 e. The first kappa shape index (κ1) is 15.7. The number of halogens is 1. The molecule has 5 nitrogen and oxygen atoms in total. The van der Waals surface area contributed by atoms with Crippen molar-refractivity contribution < 1.29 is 9.13 Å². The van der Waals surface area contributed by atoms with Crippen molar-refractivity contribution in [2.24, 2.45) is 0 Å². The van der Waals surface area contributed by atoms with E-state index in [9.17, 15) is 4.39 Å². The van der Waals surface area contributed by atoms with Gasteiger partial charge in [-0.1, -0.05) is 6.07 Å². The van der Waals surface area contributed by atoms with Gasteiger partial charge in [-0.25, -0.2) is 14.4 Å². The van der Waals surface area contributed by atoms with Crippen LogP contribution in [0.2, 0.25) is 0 Å². The monoisotopic (exact) mass is 330 g/mol. The summed E-state index contributed by atoms with van der Waals surface area (Å²) in [5, 5.41) is 0.808. The number of hydrogen-bond donors (Lipinski definition) is 0. The molecule has 0 aliphatic carbocycles. The third-order valence-corrected chi connectivity index (χ3v) is 5.15. The summed E-state index contributed by atoms with van der Waals surface area (Å²) in [5.74, 6) is 0.583. The minimum Gasteiger partial charge on any atom is -0.379 e. The molecule has 3 heterocycles. The number of anilines is 1. The Morgan fingerprint density at radius 2 is 1.92 bits per heavy atom. The highest BCUT2D eigenvalue weighted by atomic mass is 19.1. The van der Waals surface area contributed by atoms with Crippen molar-refractivity contribution in [3.8, 4) is 0 Å². The Kier molecular flexibility index (Phi) is 4.58. The van der Waals surface area contributed by atoms with Gasteiger partial charge in [0.2, 0.25) is 0 Å². The van der Waals surface area contributed by atoms with Crippen molar-refractivity contribution in [1.29, 1.82) is 0 Å². The molecule has 1 aromatic heterocycles. The summed E-state index contributed by atoms with van der Waals surface area (Å²) in [6, 6.07) is 5.72. The highest BCUT2D eigenvalue weighted by Crippen LogP contribution is 2.27. The molecule has 1 aromatic carbocycles. The van der Waals surface area contributed by atoms with Gasteiger partial charge in [-0.3, -0.25) is 4.90 Å². The first-order valence-corrected chi connectivity index (χ1v) is 8.79. The third-order valence-electron chi connectivity index (χ3n) is 5.15. The summed E-state index contributed by atoms with van der Waals surface area (Å²) >= 11 is 0. The maximum atomic E-state index is 14.0. The van der Waals surface area contributed by atoms with Crippen LogP contribution in [0.5, 0.6) is 0 Å². The molecule has 2 aliphatic rings.